The van der Waals surface area contributed by atoms with E-state index in [1.54, 1.807) is 60.7 Å². The van der Waals surface area contributed by atoms with Crippen molar-refractivity contribution < 1.29 is 41.2 Å². The second-order valence-corrected chi connectivity index (χ2v) is 14.9. The zero-order valence-corrected chi connectivity index (χ0v) is 29.1. The van der Waals surface area contributed by atoms with Gasteiger partial charge in [0.15, 0.2) is 11.6 Å². The number of phosphoric ester groups is 1. The first-order valence-electron chi connectivity index (χ1n) is 15.2. The van der Waals surface area contributed by atoms with Crippen LogP contribution < -0.4 is 10.6 Å². The van der Waals surface area contributed by atoms with Gasteiger partial charge in [0.2, 0.25) is 0 Å². The molecule has 0 spiro atoms. The molecule has 0 aliphatic rings. The highest BCUT2D eigenvalue weighted by Crippen LogP contribution is 2.55. The SMILES string of the molecule is CN(C(=O)NCc1cccc(F)c1F)[C@](C)(CCCOP(=O)(OC(C)(C)C)OC(C)(C)C)COC(=O)Nc1cc2ccccc2cn1. The van der Waals surface area contributed by atoms with Gasteiger partial charge in [-0.2, -0.15) is 0 Å². The van der Waals surface area contributed by atoms with Crippen molar-refractivity contribution in [3.05, 3.63) is 71.9 Å². The fourth-order valence-electron chi connectivity index (χ4n) is 4.44. The summed E-state index contributed by atoms with van der Waals surface area (Å²) in [6, 6.07) is 12.3. The number of carbonyl (C=O) groups excluding carboxylic acids is 2. The Balaban J connectivity index is 1.72. The van der Waals surface area contributed by atoms with Crippen LogP contribution in [0.25, 0.3) is 10.8 Å². The van der Waals surface area contributed by atoms with E-state index >= 15 is 0 Å². The Labute approximate surface area is 274 Å². The van der Waals surface area contributed by atoms with Gasteiger partial charge in [-0.15, -0.1) is 0 Å². The van der Waals surface area contributed by atoms with Crippen LogP contribution in [-0.2, 0) is 29.4 Å². The summed E-state index contributed by atoms with van der Waals surface area (Å²) >= 11 is 0. The molecule has 0 saturated heterocycles. The molecule has 2 aromatic carbocycles. The summed E-state index contributed by atoms with van der Waals surface area (Å²) in [5, 5.41) is 6.95. The molecule has 3 amide bonds. The van der Waals surface area contributed by atoms with Gasteiger partial charge in [-0.1, -0.05) is 36.4 Å². The first kappa shape index (κ1) is 37.8. The van der Waals surface area contributed by atoms with Crippen LogP contribution in [0.4, 0.5) is 24.2 Å². The number of rotatable bonds is 13. The summed E-state index contributed by atoms with van der Waals surface area (Å²) in [6.07, 6.45) is 1.28. The number of amides is 3. The van der Waals surface area contributed by atoms with Crippen LogP contribution in [0.3, 0.4) is 0 Å². The number of hydrogen-bond donors (Lipinski definition) is 2. The Hall–Kier alpha value is -3.64. The lowest BCUT2D eigenvalue weighted by atomic mass is 9.95. The number of nitrogens with one attached hydrogen (secondary N) is 2. The average Bonchev–Trinajstić information content (AvgIpc) is 2.96. The van der Waals surface area contributed by atoms with Crippen LogP contribution in [0.15, 0.2) is 54.7 Å². The number of likely N-dealkylation sites (N-methyl/N-ethyl adjacent to an activating group) is 1. The van der Waals surface area contributed by atoms with Crippen LogP contribution in [-0.4, -0.2) is 59.0 Å². The van der Waals surface area contributed by atoms with E-state index < -0.39 is 48.3 Å². The molecule has 0 aliphatic carbocycles. The molecule has 14 heteroatoms. The van der Waals surface area contributed by atoms with Crippen molar-refractivity contribution in [1.82, 2.24) is 15.2 Å². The number of hydrogen-bond acceptors (Lipinski definition) is 8. The molecule has 0 unspecified atom stereocenters. The van der Waals surface area contributed by atoms with Crippen LogP contribution in [0.1, 0.15) is 66.9 Å². The summed E-state index contributed by atoms with van der Waals surface area (Å²) < 4.78 is 63.9. The molecule has 2 N–H and O–H groups in total. The molecule has 11 nitrogen and oxygen atoms in total. The predicted molar refractivity (Wildman–Crippen MR) is 176 cm³/mol. The van der Waals surface area contributed by atoms with Crippen LogP contribution >= 0.6 is 7.82 Å². The van der Waals surface area contributed by atoms with Crippen molar-refractivity contribution in [2.75, 3.05) is 25.6 Å². The maximum atomic E-state index is 14.2. The molecule has 0 fully saturated rings. The number of carbonyl (C=O) groups is 2. The Morgan fingerprint density at radius 2 is 1.57 bits per heavy atom. The van der Waals surface area contributed by atoms with Gasteiger partial charge in [0, 0.05) is 30.7 Å². The molecule has 0 bridgehead atoms. The van der Waals surface area contributed by atoms with Crippen LogP contribution in [0, 0.1) is 11.6 Å². The molecular weight excluding hydrogens is 633 g/mol. The fourth-order valence-corrected chi connectivity index (χ4v) is 6.28. The molecular formula is C33H45F2N4O7P. The molecule has 0 radical (unpaired) electrons. The summed E-state index contributed by atoms with van der Waals surface area (Å²) in [5.74, 6) is -1.81. The molecule has 1 heterocycles. The van der Waals surface area contributed by atoms with Crippen molar-refractivity contribution in [2.24, 2.45) is 0 Å². The number of anilines is 1. The zero-order valence-electron chi connectivity index (χ0n) is 28.2. The number of benzene rings is 2. The number of aromatic nitrogens is 1. The highest BCUT2D eigenvalue weighted by molar-refractivity contribution is 7.48. The van der Waals surface area contributed by atoms with Gasteiger partial charge in [-0.05, 0) is 78.8 Å². The van der Waals surface area contributed by atoms with Crippen molar-refractivity contribution >= 4 is 36.5 Å². The van der Waals surface area contributed by atoms with Crippen LogP contribution in [0.5, 0.6) is 0 Å². The Bertz CT molecular complexity index is 1580. The maximum Gasteiger partial charge on any atom is 0.475 e. The molecule has 1 aromatic heterocycles. The highest BCUT2D eigenvalue weighted by atomic mass is 31.2. The third kappa shape index (κ3) is 11.8. The van der Waals surface area contributed by atoms with Gasteiger partial charge < -0.3 is 15.0 Å². The fraction of sp³-hybridized carbons (Fsp3) is 0.485. The lowest BCUT2D eigenvalue weighted by Gasteiger charge is -2.38. The van der Waals surface area contributed by atoms with E-state index in [9.17, 15) is 22.9 Å². The average molecular weight is 679 g/mol. The lowest BCUT2D eigenvalue weighted by Crippen LogP contribution is -2.54. The molecule has 0 saturated carbocycles. The third-order valence-corrected chi connectivity index (χ3v) is 8.87. The Morgan fingerprint density at radius 1 is 0.936 bits per heavy atom. The minimum atomic E-state index is -3.99. The van der Waals surface area contributed by atoms with Gasteiger partial charge in [0.05, 0.1) is 23.3 Å². The van der Waals surface area contributed by atoms with Crippen LogP contribution in [0.2, 0.25) is 0 Å². The first-order chi connectivity index (χ1) is 21.8. The van der Waals surface area contributed by atoms with E-state index in [1.165, 1.54) is 24.1 Å². The van der Waals surface area contributed by atoms with Gasteiger partial charge in [-0.25, -0.2) is 27.9 Å². The van der Waals surface area contributed by atoms with Crippen molar-refractivity contribution in [3.8, 4) is 0 Å². The minimum absolute atomic E-state index is 0.0335. The first-order valence-corrected chi connectivity index (χ1v) is 16.6. The molecule has 3 rings (SSSR count). The molecule has 47 heavy (non-hydrogen) atoms. The molecule has 3 aromatic rings. The summed E-state index contributed by atoms with van der Waals surface area (Å²) in [6.45, 7) is 11.4. The standard InChI is InChI=1S/C33H45F2N4O7P/c1-31(2,3)45-47(42,46-32(4,5)6)44-18-12-17-33(7,39(8)29(40)37-21-25-15-11-16-26(34)28(25)35)22-43-30(41)38-27-19-23-13-9-10-14-24(23)20-36-27/h9-11,13-16,19-20H,12,17-18,21-22H2,1-8H3,(H,37,40)(H,36,38,41)/t33-/m1/s1. The second-order valence-electron chi connectivity index (χ2n) is 13.3. The summed E-state index contributed by atoms with van der Waals surface area (Å²) in [5.41, 5.74) is -2.82. The monoisotopic (exact) mass is 678 g/mol. The van der Waals surface area contributed by atoms with Gasteiger partial charge in [-0.3, -0.25) is 18.9 Å². The molecule has 258 valence electrons. The van der Waals surface area contributed by atoms with E-state index in [0.29, 0.717) is 0 Å². The molecule has 0 aliphatic heterocycles. The number of ether oxygens (including phenoxy) is 1. The normalized spacial score (nSPS) is 13.6. The summed E-state index contributed by atoms with van der Waals surface area (Å²) in [4.78, 5) is 31.6. The summed E-state index contributed by atoms with van der Waals surface area (Å²) in [7, 11) is -2.50. The minimum Gasteiger partial charge on any atom is -0.447 e. The molecule has 1 atom stereocenters. The van der Waals surface area contributed by atoms with Gasteiger partial charge >= 0.3 is 19.9 Å². The maximum absolute atomic E-state index is 14.2. The zero-order chi connectivity index (χ0) is 35.0. The van der Waals surface area contributed by atoms with E-state index in [2.05, 4.69) is 15.6 Å². The van der Waals surface area contributed by atoms with Crippen molar-refractivity contribution in [2.45, 2.75) is 84.6 Å². The largest absolute Gasteiger partial charge is 0.475 e. The Morgan fingerprint density at radius 3 is 2.21 bits per heavy atom. The predicted octanol–water partition coefficient (Wildman–Crippen LogP) is 8.20. The third-order valence-electron chi connectivity index (χ3n) is 6.83. The number of fused-ring (bicyclic) bond motifs is 1. The number of halogens is 2. The van der Waals surface area contributed by atoms with Crippen molar-refractivity contribution in [3.63, 3.8) is 0 Å². The quantitative estimate of drug-likeness (QED) is 0.137. The van der Waals surface area contributed by atoms with E-state index in [0.717, 1.165) is 16.8 Å². The number of nitrogens with zero attached hydrogens (tertiary/aromatic N) is 2. The number of urea groups is 1. The lowest BCUT2D eigenvalue weighted by molar-refractivity contribution is 0.000869. The topological polar surface area (TPSA) is 128 Å². The second kappa shape index (κ2) is 15.5. The van der Waals surface area contributed by atoms with Gasteiger partial charge in [0.1, 0.15) is 12.4 Å². The Kier molecular flexibility index (Phi) is 12.5. The highest BCUT2D eigenvalue weighted by Gasteiger charge is 2.38. The van der Waals surface area contributed by atoms with Crippen molar-refractivity contribution in [1.29, 1.82) is 0 Å². The smallest absolute Gasteiger partial charge is 0.447 e. The van der Waals surface area contributed by atoms with E-state index in [-0.39, 0.29) is 44.0 Å². The van der Waals surface area contributed by atoms with E-state index in [4.69, 9.17) is 18.3 Å². The van der Waals surface area contributed by atoms with Gasteiger partial charge in [0.25, 0.3) is 0 Å². The number of pyridine rings is 1. The number of phosphoric acid groups is 1. The van der Waals surface area contributed by atoms with E-state index in [1.807, 2.05) is 24.3 Å².